The van der Waals surface area contributed by atoms with Gasteiger partial charge in [-0.25, -0.2) is 4.21 Å². The van der Waals surface area contributed by atoms with Crippen molar-refractivity contribution in [2.75, 3.05) is 7.05 Å². The van der Waals surface area contributed by atoms with E-state index in [0.29, 0.717) is 0 Å². The van der Waals surface area contributed by atoms with E-state index < -0.39 is 41.0 Å². The fourth-order valence-corrected chi connectivity index (χ4v) is 3.47. The minimum absolute atomic E-state index is 0.116. The molecule has 2 aliphatic heterocycles. The number of halogens is 3. The fourth-order valence-electron chi connectivity index (χ4n) is 2.80. The Morgan fingerprint density at radius 3 is 2.59 bits per heavy atom. The molecule has 1 aromatic rings. The maximum absolute atomic E-state index is 12.5. The van der Waals surface area contributed by atoms with E-state index in [1.807, 2.05) is 0 Å². The number of amidine groups is 2. The highest BCUT2D eigenvalue weighted by molar-refractivity contribution is 7.83. The highest BCUT2D eigenvalue weighted by Crippen LogP contribution is 2.42. The van der Waals surface area contributed by atoms with Gasteiger partial charge in [-0.15, -0.1) is 22.0 Å². The summed E-state index contributed by atoms with van der Waals surface area (Å²) in [5.41, 5.74) is -0.814. The number of nitrogens with zero attached hydrogens (tertiary/aromatic N) is 2. The molecule has 3 atom stereocenters. The van der Waals surface area contributed by atoms with Crippen LogP contribution in [0.25, 0.3) is 0 Å². The lowest BCUT2D eigenvalue weighted by atomic mass is 9.86. The molecule has 148 valence electrons. The van der Waals surface area contributed by atoms with Crippen LogP contribution in [-0.4, -0.2) is 46.1 Å². The van der Waals surface area contributed by atoms with E-state index in [4.69, 9.17) is 4.74 Å². The summed E-state index contributed by atoms with van der Waals surface area (Å²) in [6, 6.07) is 2.68. The maximum atomic E-state index is 12.5. The van der Waals surface area contributed by atoms with Gasteiger partial charge < -0.3 is 25.2 Å². The Hall–Kier alpha value is -2.34. The molecular formula is C15H17F3N4O4S. The average molecular weight is 406 g/mol. The Kier molecular flexibility index (Phi) is 4.80. The van der Waals surface area contributed by atoms with E-state index in [9.17, 15) is 22.5 Å². The first-order valence-electron chi connectivity index (χ1n) is 7.81. The number of aliphatic hydroxyl groups is 1. The zero-order valence-electron chi connectivity index (χ0n) is 14.5. The summed E-state index contributed by atoms with van der Waals surface area (Å²) in [5, 5.41) is 16.3. The minimum Gasteiger partial charge on any atom is -0.485 e. The fraction of sp³-hybridized carbons (Fsp3) is 0.467. The molecule has 0 aliphatic carbocycles. The van der Waals surface area contributed by atoms with Crippen LogP contribution in [0, 0.1) is 0 Å². The molecule has 0 bridgehead atoms. The van der Waals surface area contributed by atoms with Crippen LogP contribution >= 0.6 is 0 Å². The van der Waals surface area contributed by atoms with Gasteiger partial charge in [0.05, 0.1) is 6.04 Å². The van der Waals surface area contributed by atoms with Gasteiger partial charge in [-0.2, -0.15) is 0 Å². The molecule has 0 radical (unpaired) electrons. The Morgan fingerprint density at radius 1 is 1.30 bits per heavy atom. The standard InChI is InChI=1S/C15H17F3N4O4S/c1-14(2)11(23)10(20-13-12(19-3)21-27(24)22-13)8-6-7(25-15(16,17)18)4-5-9(8)26-14/h4-6,10-11,23H,1-3H3,(H,19,21)(H,20,22)/t10-,11+,27?/m1/s1. The Morgan fingerprint density at radius 2 is 1.96 bits per heavy atom. The summed E-state index contributed by atoms with van der Waals surface area (Å²) in [5.74, 6) is 0.141. The lowest BCUT2D eigenvalue weighted by Gasteiger charge is -2.42. The van der Waals surface area contributed by atoms with Gasteiger partial charge >= 0.3 is 6.36 Å². The van der Waals surface area contributed by atoms with Crippen molar-refractivity contribution in [3.63, 3.8) is 0 Å². The monoisotopic (exact) mass is 406 g/mol. The van der Waals surface area contributed by atoms with Crippen LogP contribution in [0.15, 0.2) is 27.0 Å². The second kappa shape index (κ2) is 6.68. The van der Waals surface area contributed by atoms with E-state index in [1.54, 1.807) is 20.9 Å². The first-order valence-corrected chi connectivity index (χ1v) is 8.87. The number of likely N-dealkylation sites (N-methyl/N-ethyl adjacent to an activating group) is 1. The smallest absolute Gasteiger partial charge is 0.485 e. The number of nitrogens with one attached hydrogen (secondary N) is 2. The van der Waals surface area contributed by atoms with Crippen LogP contribution in [-0.2, 0) is 11.2 Å². The van der Waals surface area contributed by atoms with Gasteiger partial charge in [0.2, 0.25) is 0 Å². The van der Waals surface area contributed by atoms with Crippen LogP contribution in [0.3, 0.4) is 0 Å². The zero-order valence-corrected chi connectivity index (χ0v) is 15.3. The van der Waals surface area contributed by atoms with Crippen LogP contribution in [0.4, 0.5) is 13.2 Å². The summed E-state index contributed by atoms with van der Waals surface area (Å²) < 4.78 is 66.4. The molecule has 0 saturated carbocycles. The first kappa shape index (κ1) is 19.4. The van der Waals surface area contributed by atoms with E-state index in [1.165, 1.54) is 6.07 Å². The normalized spacial score (nSPS) is 26.4. The summed E-state index contributed by atoms with van der Waals surface area (Å²) in [6.07, 6.45) is -6.02. The minimum atomic E-state index is -4.86. The molecule has 2 heterocycles. The quantitative estimate of drug-likeness (QED) is 0.685. The van der Waals surface area contributed by atoms with Crippen LogP contribution in [0.2, 0.25) is 0 Å². The number of rotatable bonds is 2. The molecule has 3 rings (SSSR count). The third-order valence-corrected chi connectivity index (χ3v) is 4.72. The molecule has 3 N–H and O–H groups in total. The molecule has 0 amide bonds. The van der Waals surface area contributed by atoms with Crippen molar-refractivity contribution in [3.05, 3.63) is 23.8 Å². The third-order valence-electron chi connectivity index (χ3n) is 4.04. The van der Waals surface area contributed by atoms with Gasteiger partial charge in [-0.1, -0.05) is 0 Å². The number of hydrogen-bond acceptors (Lipinski definition) is 6. The SMILES string of the molecule is CNC1=NS(=O)N=C1N[C@@H]1c2cc(OC(F)(F)F)ccc2OC(C)(C)[C@H]1O. The average Bonchev–Trinajstić information content (AvgIpc) is 2.90. The molecule has 0 spiro atoms. The highest BCUT2D eigenvalue weighted by Gasteiger charge is 2.44. The lowest BCUT2D eigenvalue weighted by molar-refractivity contribution is -0.274. The van der Waals surface area contributed by atoms with E-state index in [-0.39, 0.29) is 23.0 Å². The summed E-state index contributed by atoms with van der Waals surface area (Å²) >= 11 is -1.83. The van der Waals surface area contributed by atoms with Crippen molar-refractivity contribution < 1.29 is 32.0 Å². The molecule has 0 saturated heterocycles. The van der Waals surface area contributed by atoms with E-state index in [2.05, 4.69) is 24.2 Å². The van der Waals surface area contributed by atoms with Crippen LogP contribution in [0.5, 0.6) is 11.5 Å². The Balaban J connectivity index is 2.00. The highest BCUT2D eigenvalue weighted by atomic mass is 32.2. The third kappa shape index (κ3) is 4.00. The molecule has 0 fully saturated rings. The predicted molar refractivity (Wildman–Crippen MR) is 91.8 cm³/mol. The molecule has 27 heavy (non-hydrogen) atoms. The van der Waals surface area contributed by atoms with Crippen molar-refractivity contribution in [2.24, 2.45) is 8.80 Å². The molecule has 1 unspecified atom stereocenters. The number of fused-ring (bicyclic) bond motifs is 1. The summed E-state index contributed by atoms with van der Waals surface area (Å²) in [6.45, 7) is 3.27. The van der Waals surface area contributed by atoms with E-state index >= 15 is 0 Å². The number of alkyl halides is 3. The molecule has 0 aromatic heterocycles. The van der Waals surface area contributed by atoms with Gasteiger partial charge in [0.15, 0.2) is 11.7 Å². The van der Waals surface area contributed by atoms with Gasteiger partial charge in [0.1, 0.15) is 23.2 Å². The molecule has 2 aliphatic rings. The second-order valence-corrected chi connectivity index (χ2v) is 7.21. The first-order chi connectivity index (χ1) is 12.5. The number of ether oxygens (including phenoxy) is 2. The second-order valence-electron chi connectivity index (χ2n) is 6.38. The lowest BCUT2D eigenvalue weighted by Crippen LogP contribution is -2.54. The van der Waals surface area contributed by atoms with Gasteiger partial charge in [0, 0.05) is 12.6 Å². The summed E-state index contributed by atoms with van der Waals surface area (Å²) in [7, 11) is 1.55. The van der Waals surface area contributed by atoms with Gasteiger partial charge in [-0.3, -0.25) is 0 Å². The topological polar surface area (TPSA) is 105 Å². The molecule has 12 heteroatoms. The van der Waals surface area contributed by atoms with Crippen LogP contribution in [0.1, 0.15) is 25.5 Å². The maximum Gasteiger partial charge on any atom is 0.573 e. The van der Waals surface area contributed by atoms with Crippen molar-refractivity contribution >= 4 is 22.8 Å². The van der Waals surface area contributed by atoms with E-state index in [0.717, 1.165) is 12.1 Å². The summed E-state index contributed by atoms with van der Waals surface area (Å²) in [4.78, 5) is 0. The largest absolute Gasteiger partial charge is 0.573 e. The van der Waals surface area contributed by atoms with Crippen molar-refractivity contribution in [2.45, 2.75) is 38.0 Å². The van der Waals surface area contributed by atoms with Crippen molar-refractivity contribution in [1.29, 1.82) is 0 Å². The van der Waals surface area contributed by atoms with Crippen LogP contribution < -0.4 is 20.1 Å². The number of benzene rings is 1. The van der Waals surface area contributed by atoms with Crippen molar-refractivity contribution in [1.82, 2.24) is 10.6 Å². The van der Waals surface area contributed by atoms with Gasteiger partial charge in [0.25, 0.3) is 11.2 Å². The predicted octanol–water partition coefficient (Wildman–Crippen LogP) is 1.36. The number of aliphatic hydroxyl groups excluding tert-OH is 1. The Bertz CT molecular complexity index is 841. The van der Waals surface area contributed by atoms with Gasteiger partial charge in [-0.05, 0) is 32.0 Å². The zero-order chi connectivity index (χ0) is 20.0. The molecular weight excluding hydrogens is 389 g/mol. The molecule has 1 aromatic carbocycles. The number of hydrogen-bond donors (Lipinski definition) is 3. The Labute approximate surface area is 155 Å². The molecule has 8 nitrogen and oxygen atoms in total. The van der Waals surface area contributed by atoms with Crippen molar-refractivity contribution in [3.8, 4) is 11.5 Å².